The molecule has 12 nitrogen and oxygen atoms in total. The molecule has 0 saturated heterocycles. The Kier molecular flexibility index (Phi) is 40.8. The topological polar surface area (TPSA) is 229 Å². The predicted molar refractivity (Wildman–Crippen MR) is 283 cm³/mol. The van der Waals surface area contributed by atoms with Gasteiger partial charge in [-0.15, -0.1) is 0 Å². The third-order valence-electron chi connectivity index (χ3n) is 10.1. The average molecular weight is 1480 g/mol. The molecule has 0 rings (SSSR count). The molecule has 0 bridgehead atoms. The molecule has 0 aliphatic heterocycles. The summed E-state index contributed by atoms with van der Waals surface area (Å²) in [6.45, 7) is 59.1. The first-order valence-electron chi connectivity index (χ1n) is 22.5. The van der Waals surface area contributed by atoms with Crippen LogP contribution in [-0.2, 0) is 81.3 Å². The molecular weight excluding hydrogens is 1390 g/mol. The van der Waals surface area contributed by atoms with Crippen LogP contribution in [0, 0.1) is 0 Å². The van der Waals surface area contributed by atoms with Crippen LogP contribution < -0.4 is 0 Å². The first-order chi connectivity index (χ1) is 30.9. The standard InChI is InChI=1S/2C19H42P2.4CHF3O3S.2Pd/c2*1-16(2,3)20(17(4,5)6)14-13-15-21(18(7,8)9)19(10,11)12;4*2-1(3,4)8(5,6)7;;/h2*13-15H2,1-12H3;4*(H,5,6,7);;/q;;;;;;2*+2. The van der Waals surface area contributed by atoms with Crippen LogP contribution in [0.5, 0.6) is 0 Å². The van der Waals surface area contributed by atoms with Crippen molar-refractivity contribution in [2.75, 3.05) is 24.6 Å². The predicted octanol–water partition coefficient (Wildman–Crippen LogP) is 14.2. The smallest absolute Gasteiger partial charge is 0.741 e. The second-order valence-corrected chi connectivity index (χ2v) is 48.5. The van der Waals surface area contributed by atoms with Gasteiger partial charge in [0.05, 0.1) is 65.9 Å². The Balaban J connectivity index is -0.000000129. The quantitative estimate of drug-likeness (QED) is 0.0726. The van der Waals surface area contributed by atoms with E-state index in [9.17, 15) is 52.7 Å². The minimum absolute atomic E-state index is 0. The molecule has 0 saturated carbocycles. The minimum atomic E-state index is -6.09. The summed E-state index contributed by atoms with van der Waals surface area (Å²) in [4.78, 5) is 0. The van der Waals surface area contributed by atoms with Gasteiger partial charge in [-0.05, 0) is 166 Å². The summed E-state index contributed by atoms with van der Waals surface area (Å²) in [6.07, 6.45) is 8.84. The van der Waals surface area contributed by atoms with E-state index in [2.05, 4.69) is 166 Å². The van der Waals surface area contributed by atoms with E-state index in [0.29, 0.717) is 41.2 Å². The van der Waals surface area contributed by atoms with E-state index in [1.807, 2.05) is 0 Å². The van der Waals surface area contributed by atoms with Crippen LogP contribution in [0.2, 0.25) is 0 Å². The SMILES string of the molecule is CC(C)(C)[PH+](CCC[PH+](C(C)(C)C)C(C)(C)C)C(C)(C)C.CC(C)(C)[PH+](CCC[PH+](C(C)(C)C)C(C)(C)C)C(C)(C)C.O=S(=O)([O-])C(F)(F)F.O=S(=O)([O-])C(F)(F)F.O=S(=O)([O-])C(F)(F)F.O=S(=O)([O-])C(F)(F)F.[Pd+2].[Pd+2]. The maximum atomic E-state index is 10.7. The average Bonchev–Trinajstić information content (AvgIpc) is 2.97. The van der Waals surface area contributed by atoms with Gasteiger partial charge in [-0.1, -0.05) is 0 Å². The number of halogens is 12. The van der Waals surface area contributed by atoms with Gasteiger partial charge in [0.25, 0.3) is 0 Å². The zero-order chi connectivity index (χ0) is 62.6. The van der Waals surface area contributed by atoms with E-state index in [4.69, 9.17) is 51.9 Å². The fraction of sp³-hybridized carbons (Fsp3) is 1.00. The number of hydrogen-bond donors (Lipinski definition) is 0. The molecule has 0 atom stereocenters. The second-order valence-electron chi connectivity index (χ2n) is 25.2. The van der Waals surface area contributed by atoms with Gasteiger partial charge in [-0.3, -0.25) is 0 Å². The molecule has 472 valence electrons. The van der Waals surface area contributed by atoms with E-state index in [0.717, 1.165) is 0 Å². The molecule has 0 amide bonds. The Hall–Kier alpha value is 1.84. The first-order valence-corrected chi connectivity index (χ1v) is 35.0. The molecule has 0 aliphatic carbocycles. The maximum absolute atomic E-state index is 10.7. The summed E-state index contributed by atoms with van der Waals surface area (Å²) in [5.41, 5.74) is -22.6. The van der Waals surface area contributed by atoms with Gasteiger partial charge in [0.15, 0.2) is 40.5 Å². The summed E-state index contributed by atoms with van der Waals surface area (Å²) >= 11 is 0. The molecule has 0 aromatic heterocycles. The number of rotatable bonds is 8. The molecule has 0 spiro atoms. The zero-order valence-corrected chi connectivity index (χ0v) is 58.3. The number of hydrogen-bond acceptors (Lipinski definition) is 12. The van der Waals surface area contributed by atoms with Gasteiger partial charge in [-0.25, -0.2) is 33.7 Å². The van der Waals surface area contributed by atoms with Crippen molar-refractivity contribution in [3.63, 3.8) is 0 Å². The van der Waals surface area contributed by atoms with Gasteiger partial charge < -0.3 is 18.2 Å². The van der Waals surface area contributed by atoms with Crippen molar-refractivity contribution in [2.24, 2.45) is 0 Å². The summed E-state index contributed by atoms with van der Waals surface area (Å²) in [7, 11) is -25.7. The van der Waals surface area contributed by atoms with Crippen LogP contribution in [-0.4, -0.2) is 140 Å². The van der Waals surface area contributed by atoms with Crippen molar-refractivity contribution in [1.82, 2.24) is 0 Å². The maximum Gasteiger partial charge on any atom is 2.00 e. The molecule has 0 radical (unpaired) electrons. The van der Waals surface area contributed by atoms with E-state index >= 15 is 0 Å². The van der Waals surface area contributed by atoms with Gasteiger partial charge in [0.1, 0.15) is 0 Å². The Morgan fingerprint density at radius 2 is 0.316 bits per heavy atom. The van der Waals surface area contributed by atoms with E-state index in [-0.39, 0.29) is 72.5 Å². The minimum Gasteiger partial charge on any atom is -0.741 e. The number of alkyl halides is 12. The van der Waals surface area contributed by atoms with Crippen LogP contribution in [0.3, 0.4) is 0 Å². The molecule has 0 fully saturated rings. The van der Waals surface area contributed by atoms with Gasteiger partial charge in [0.2, 0.25) is 0 Å². The largest absolute Gasteiger partial charge is 2.00 e. The fourth-order valence-electron chi connectivity index (χ4n) is 8.38. The summed E-state index contributed by atoms with van der Waals surface area (Å²) in [5, 5.41) is 4.11. The van der Waals surface area contributed by atoms with Crippen LogP contribution in [0.1, 0.15) is 179 Å². The summed E-state index contributed by atoms with van der Waals surface area (Å²) in [6, 6.07) is 0. The van der Waals surface area contributed by atoms with Crippen LogP contribution in [0.15, 0.2) is 0 Å². The van der Waals surface area contributed by atoms with E-state index in [1.54, 1.807) is 0 Å². The monoisotopic (exact) mass is 1480 g/mol. The van der Waals surface area contributed by atoms with E-state index < -0.39 is 62.5 Å². The van der Waals surface area contributed by atoms with Crippen molar-refractivity contribution in [3.05, 3.63) is 0 Å². The first kappa shape index (κ1) is 94.2. The van der Waals surface area contributed by atoms with Crippen molar-refractivity contribution in [2.45, 2.75) is 242 Å². The molecule has 0 aliphatic rings. The molecule has 0 aromatic rings. The van der Waals surface area contributed by atoms with E-state index in [1.165, 1.54) is 37.5 Å². The van der Waals surface area contributed by atoms with Gasteiger partial charge >= 0.3 is 62.9 Å². The molecule has 0 unspecified atom stereocenters. The Morgan fingerprint density at radius 3 is 0.355 bits per heavy atom. The second kappa shape index (κ2) is 32.9. The van der Waals surface area contributed by atoms with Gasteiger partial charge in [0, 0.05) is 44.5 Å². The molecule has 0 heterocycles. The van der Waals surface area contributed by atoms with Crippen LogP contribution in [0.25, 0.3) is 0 Å². The van der Waals surface area contributed by atoms with Crippen LogP contribution in [0.4, 0.5) is 52.7 Å². The van der Waals surface area contributed by atoms with Crippen molar-refractivity contribution >= 4 is 72.2 Å². The Labute approximate surface area is 481 Å². The fourth-order valence-corrected chi connectivity index (χ4v) is 26.2. The van der Waals surface area contributed by atoms with Crippen molar-refractivity contribution < 1.29 is 145 Å². The molecule has 34 heteroatoms. The molecule has 76 heavy (non-hydrogen) atoms. The summed E-state index contributed by atoms with van der Waals surface area (Å²) in [5.74, 6) is 0. The Morgan fingerprint density at radius 1 is 0.250 bits per heavy atom. The molecule has 0 aromatic carbocycles. The Bertz CT molecular complexity index is 1740. The molecule has 0 N–H and O–H groups in total. The van der Waals surface area contributed by atoms with Crippen LogP contribution >= 0.6 is 31.7 Å². The third-order valence-corrected chi connectivity index (χ3v) is 30.3. The normalized spacial score (nSPS) is 14.3. The van der Waals surface area contributed by atoms with Crippen molar-refractivity contribution in [3.8, 4) is 0 Å². The van der Waals surface area contributed by atoms with Gasteiger partial charge in [-0.2, -0.15) is 52.7 Å². The summed E-state index contributed by atoms with van der Waals surface area (Å²) < 4.78 is 236. The molecular formula is C42H88F12O12P4Pd2S4+4. The van der Waals surface area contributed by atoms with Crippen molar-refractivity contribution in [1.29, 1.82) is 0 Å². The third kappa shape index (κ3) is 44.4. The zero-order valence-electron chi connectivity index (χ0n) is 47.9.